The van der Waals surface area contributed by atoms with Crippen LogP contribution in [-0.2, 0) is 0 Å². The Morgan fingerprint density at radius 3 is 3.00 bits per heavy atom. The van der Waals surface area contributed by atoms with Gasteiger partial charge < -0.3 is 5.32 Å². The van der Waals surface area contributed by atoms with Crippen LogP contribution in [0.25, 0.3) is 0 Å². The maximum atomic E-state index is 3.44. The van der Waals surface area contributed by atoms with Gasteiger partial charge in [0.1, 0.15) is 0 Å². The summed E-state index contributed by atoms with van der Waals surface area (Å²) >= 11 is 0. The zero-order chi connectivity index (χ0) is 6.53. The number of nitrogens with one attached hydrogen (secondary N) is 2. The van der Waals surface area contributed by atoms with E-state index in [1.165, 1.54) is 25.8 Å². The van der Waals surface area contributed by atoms with Crippen LogP contribution in [0.5, 0.6) is 0 Å². The molecular weight excluding hydrogens is 131 g/mol. The molecule has 1 fully saturated rings. The largest absolute Gasteiger partial charge is 0.313 e. The van der Waals surface area contributed by atoms with Crippen LogP contribution in [0.1, 0.15) is 19.3 Å². The van der Waals surface area contributed by atoms with Crippen molar-refractivity contribution in [2.75, 3.05) is 13.1 Å². The molecule has 0 aromatic rings. The smallest absolute Gasteiger partial charge is 0.0195 e. The predicted molar refractivity (Wildman–Crippen MR) is 43.4 cm³/mol. The first-order chi connectivity index (χ1) is 4.43. The molecule has 1 heterocycles. The second-order valence-electron chi connectivity index (χ2n) is 2.56. The molecule has 0 amide bonds. The summed E-state index contributed by atoms with van der Waals surface area (Å²) < 4.78 is 0. The van der Waals surface area contributed by atoms with Crippen molar-refractivity contribution in [2.24, 2.45) is 0 Å². The van der Waals surface area contributed by atoms with Crippen molar-refractivity contribution in [3.05, 3.63) is 0 Å². The van der Waals surface area contributed by atoms with E-state index in [2.05, 4.69) is 19.8 Å². The van der Waals surface area contributed by atoms with Gasteiger partial charge in [0, 0.05) is 12.6 Å². The number of piperidine rings is 1. The lowest BCUT2D eigenvalue weighted by atomic mass is 10.1. The van der Waals surface area contributed by atoms with Crippen LogP contribution in [0, 0.1) is 0 Å². The van der Waals surface area contributed by atoms with Crippen LogP contribution in [0.15, 0.2) is 0 Å². The Hall–Kier alpha value is 0.350. The van der Waals surface area contributed by atoms with Crippen molar-refractivity contribution in [3.63, 3.8) is 0 Å². The topological polar surface area (TPSA) is 24.1 Å². The Balaban J connectivity index is 2.08. The second-order valence-corrected chi connectivity index (χ2v) is 2.96. The molecule has 0 bridgehead atoms. The molecule has 2 nitrogen and oxygen atoms in total. The third-order valence-corrected chi connectivity index (χ3v) is 2.01. The molecule has 0 radical (unpaired) electrons. The van der Waals surface area contributed by atoms with Crippen LogP contribution < -0.4 is 10.4 Å². The maximum Gasteiger partial charge on any atom is 0.0195 e. The van der Waals surface area contributed by atoms with E-state index in [4.69, 9.17) is 0 Å². The van der Waals surface area contributed by atoms with E-state index < -0.39 is 0 Å². The molecule has 3 heteroatoms. The number of rotatable bonds is 2. The lowest BCUT2D eigenvalue weighted by Gasteiger charge is -2.22. The molecule has 1 saturated heterocycles. The molecule has 2 N–H and O–H groups in total. The Bertz CT molecular complexity index is 68.7. The van der Waals surface area contributed by atoms with E-state index in [0.29, 0.717) is 0 Å². The van der Waals surface area contributed by atoms with Gasteiger partial charge in [0.15, 0.2) is 0 Å². The molecule has 1 rings (SSSR count). The molecule has 2 unspecified atom stereocenters. The molecule has 0 saturated carbocycles. The van der Waals surface area contributed by atoms with Gasteiger partial charge in [-0.25, -0.2) is 0 Å². The van der Waals surface area contributed by atoms with Gasteiger partial charge >= 0.3 is 0 Å². The number of hydrogen-bond acceptors (Lipinski definition) is 2. The van der Waals surface area contributed by atoms with Crippen molar-refractivity contribution in [1.82, 2.24) is 10.4 Å². The summed E-state index contributed by atoms with van der Waals surface area (Å²) in [6.07, 6.45) is 4.08. The molecule has 0 spiro atoms. The molecule has 0 aromatic heterocycles. The highest BCUT2D eigenvalue weighted by molar-refractivity contribution is 7.13. The van der Waals surface area contributed by atoms with E-state index in [-0.39, 0.29) is 0 Å². The molecule has 9 heavy (non-hydrogen) atoms. The monoisotopic (exact) mass is 146 g/mol. The van der Waals surface area contributed by atoms with Gasteiger partial charge in [-0.3, -0.25) is 5.09 Å². The fraction of sp³-hybridized carbons (Fsp3) is 1.00. The average molecular weight is 146 g/mol. The molecule has 1 aliphatic heterocycles. The lowest BCUT2D eigenvalue weighted by Crippen LogP contribution is -2.39. The minimum atomic E-state index is 0.719. The molecule has 54 valence electrons. The average Bonchev–Trinajstić information content (AvgIpc) is 1.91. The fourth-order valence-electron chi connectivity index (χ4n) is 1.24. The van der Waals surface area contributed by atoms with Gasteiger partial charge in [0.05, 0.1) is 0 Å². The highest BCUT2D eigenvalue weighted by Crippen LogP contribution is 2.05. The van der Waals surface area contributed by atoms with E-state index in [1.807, 2.05) is 0 Å². The number of hydrogen-bond donors (Lipinski definition) is 2. The SMILES string of the molecule is PNCC1CCCCN1. The highest BCUT2D eigenvalue weighted by atomic mass is 31.0. The van der Waals surface area contributed by atoms with Crippen LogP contribution in [0.4, 0.5) is 0 Å². The quantitative estimate of drug-likeness (QED) is 0.554. The van der Waals surface area contributed by atoms with Gasteiger partial charge in [-0.15, -0.1) is 0 Å². The van der Waals surface area contributed by atoms with Crippen molar-refractivity contribution >= 4 is 9.39 Å². The van der Waals surface area contributed by atoms with Gasteiger partial charge in [0.2, 0.25) is 0 Å². The summed E-state index contributed by atoms with van der Waals surface area (Å²) in [5.74, 6) is 0. The van der Waals surface area contributed by atoms with Gasteiger partial charge in [-0.2, -0.15) is 0 Å². The zero-order valence-corrected chi connectivity index (χ0v) is 6.84. The Kier molecular flexibility index (Phi) is 3.49. The van der Waals surface area contributed by atoms with Crippen molar-refractivity contribution in [3.8, 4) is 0 Å². The molecule has 2 atom stereocenters. The Labute approximate surface area is 59.0 Å². The first kappa shape index (κ1) is 7.46. The summed E-state index contributed by atoms with van der Waals surface area (Å²) in [4.78, 5) is 0. The van der Waals surface area contributed by atoms with E-state index in [0.717, 1.165) is 12.6 Å². The third kappa shape index (κ3) is 2.61. The molecule has 0 aromatic carbocycles. The zero-order valence-electron chi connectivity index (χ0n) is 5.69. The van der Waals surface area contributed by atoms with Crippen molar-refractivity contribution < 1.29 is 0 Å². The van der Waals surface area contributed by atoms with Crippen LogP contribution >= 0.6 is 9.39 Å². The standard InChI is InChI=1S/C6H15N2P/c9-8-5-6-3-1-2-4-7-6/h6-8H,1-5,9H2. The van der Waals surface area contributed by atoms with E-state index in [1.54, 1.807) is 0 Å². The first-order valence-electron chi connectivity index (χ1n) is 3.60. The summed E-state index contributed by atoms with van der Waals surface area (Å²) in [6.45, 7) is 2.29. The summed E-state index contributed by atoms with van der Waals surface area (Å²) in [5, 5.41) is 6.54. The first-order valence-corrected chi connectivity index (χ1v) is 4.18. The molecule has 1 aliphatic rings. The second kappa shape index (κ2) is 4.21. The minimum Gasteiger partial charge on any atom is -0.313 e. The molecule has 0 aliphatic carbocycles. The summed E-state index contributed by atoms with van der Waals surface area (Å²) in [5.41, 5.74) is 0. The Morgan fingerprint density at radius 1 is 1.56 bits per heavy atom. The van der Waals surface area contributed by atoms with Crippen LogP contribution in [-0.4, -0.2) is 19.1 Å². The highest BCUT2D eigenvalue weighted by Gasteiger charge is 2.09. The van der Waals surface area contributed by atoms with Crippen LogP contribution in [0.3, 0.4) is 0 Å². The van der Waals surface area contributed by atoms with Crippen LogP contribution in [0.2, 0.25) is 0 Å². The fourth-order valence-corrected chi connectivity index (χ4v) is 1.52. The van der Waals surface area contributed by atoms with Gasteiger partial charge in [-0.1, -0.05) is 15.8 Å². The van der Waals surface area contributed by atoms with E-state index in [9.17, 15) is 0 Å². The van der Waals surface area contributed by atoms with E-state index >= 15 is 0 Å². The van der Waals surface area contributed by atoms with Crippen molar-refractivity contribution in [1.29, 1.82) is 0 Å². The summed E-state index contributed by atoms with van der Waals surface area (Å²) in [7, 11) is 2.54. The third-order valence-electron chi connectivity index (χ3n) is 1.78. The van der Waals surface area contributed by atoms with Gasteiger partial charge in [0.25, 0.3) is 0 Å². The predicted octanol–water partition coefficient (Wildman–Crippen LogP) is 0.508. The normalized spacial score (nSPS) is 28.3. The van der Waals surface area contributed by atoms with Crippen molar-refractivity contribution in [2.45, 2.75) is 25.3 Å². The summed E-state index contributed by atoms with van der Waals surface area (Å²) in [6, 6.07) is 0.719. The van der Waals surface area contributed by atoms with Gasteiger partial charge in [-0.05, 0) is 19.4 Å². The lowest BCUT2D eigenvalue weighted by molar-refractivity contribution is 0.402. The Morgan fingerprint density at radius 2 is 2.44 bits per heavy atom. The maximum absolute atomic E-state index is 3.44. The minimum absolute atomic E-state index is 0.719. The molecular formula is C6H15N2P.